The molecule has 1 aliphatic rings. The molecule has 0 unspecified atom stereocenters. The van der Waals surface area contributed by atoms with Crippen molar-refractivity contribution in [3.63, 3.8) is 0 Å². The summed E-state index contributed by atoms with van der Waals surface area (Å²) in [7, 11) is 0. The minimum Gasteiger partial charge on any atom is -0.352 e. The molecule has 0 radical (unpaired) electrons. The maximum Gasteiger partial charge on any atom is 0.135 e. The van der Waals surface area contributed by atoms with Crippen LogP contribution < -0.4 is 10.6 Å². The molecule has 0 aromatic carbocycles. The second-order valence-electron chi connectivity index (χ2n) is 5.40. The Morgan fingerprint density at radius 2 is 2.19 bits per heavy atom. The van der Waals surface area contributed by atoms with Gasteiger partial charge in [0.1, 0.15) is 12.1 Å². The second-order valence-corrected chi connectivity index (χ2v) is 5.40. The summed E-state index contributed by atoms with van der Waals surface area (Å²) in [5, 5.41) is 0. The molecule has 0 aliphatic heterocycles. The molecule has 2 N–H and O–H groups in total. The number of hydrogen-bond acceptors (Lipinski definition) is 5. The first-order valence-corrected chi connectivity index (χ1v) is 7.55. The highest BCUT2D eigenvalue weighted by atomic mass is 15.2. The quantitative estimate of drug-likeness (QED) is 0.874. The molecular weight excluding hydrogens is 262 g/mol. The van der Waals surface area contributed by atoms with Gasteiger partial charge in [0, 0.05) is 36.7 Å². The van der Waals surface area contributed by atoms with Gasteiger partial charge >= 0.3 is 0 Å². The van der Waals surface area contributed by atoms with Crippen LogP contribution >= 0.6 is 0 Å². The molecule has 2 aromatic heterocycles. The van der Waals surface area contributed by atoms with E-state index >= 15 is 0 Å². The highest BCUT2D eigenvalue weighted by Crippen LogP contribution is 2.28. The van der Waals surface area contributed by atoms with Crippen molar-refractivity contribution in [3.05, 3.63) is 47.7 Å². The van der Waals surface area contributed by atoms with Crippen LogP contribution in [0.5, 0.6) is 0 Å². The largest absolute Gasteiger partial charge is 0.352 e. The molecule has 21 heavy (non-hydrogen) atoms. The average Bonchev–Trinajstić information content (AvgIpc) is 3.01. The minimum absolute atomic E-state index is 0.691. The van der Waals surface area contributed by atoms with Crippen molar-refractivity contribution in [3.8, 4) is 0 Å². The zero-order chi connectivity index (χ0) is 14.5. The van der Waals surface area contributed by atoms with E-state index in [9.17, 15) is 0 Å². The van der Waals surface area contributed by atoms with Gasteiger partial charge in [-0.1, -0.05) is 6.07 Å². The fourth-order valence-corrected chi connectivity index (χ4v) is 2.87. The van der Waals surface area contributed by atoms with Gasteiger partial charge in [0.05, 0.1) is 0 Å². The summed E-state index contributed by atoms with van der Waals surface area (Å²) < 4.78 is 0. The number of rotatable bonds is 6. The van der Waals surface area contributed by atoms with E-state index < -0.39 is 0 Å². The molecule has 3 rings (SSSR count). The van der Waals surface area contributed by atoms with Gasteiger partial charge in [0.25, 0.3) is 0 Å². The van der Waals surface area contributed by atoms with Crippen molar-refractivity contribution in [1.29, 1.82) is 0 Å². The maximum atomic E-state index is 5.69. The highest BCUT2D eigenvalue weighted by molar-refractivity contribution is 5.50. The fourth-order valence-electron chi connectivity index (χ4n) is 2.87. The number of nitrogens with two attached hydrogens (primary N) is 1. The zero-order valence-electron chi connectivity index (χ0n) is 12.2. The maximum absolute atomic E-state index is 5.69. The number of aromatic nitrogens is 3. The van der Waals surface area contributed by atoms with Gasteiger partial charge in [-0.2, -0.15) is 0 Å². The number of anilines is 1. The minimum atomic E-state index is 0.691. The SMILES string of the molecule is NCCCN(Cc1cccnc1)c1ncnc2c1CCC2. The molecular formula is C16H21N5. The predicted molar refractivity (Wildman–Crippen MR) is 83.0 cm³/mol. The van der Waals surface area contributed by atoms with Gasteiger partial charge in [0.15, 0.2) is 0 Å². The lowest BCUT2D eigenvalue weighted by Gasteiger charge is -2.25. The van der Waals surface area contributed by atoms with Crippen molar-refractivity contribution in [2.45, 2.75) is 32.2 Å². The molecule has 0 spiro atoms. The van der Waals surface area contributed by atoms with E-state index in [0.29, 0.717) is 6.54 Å². The van der Waals surface area contributed by atoms with Crippen molar-refractivity contribution < 1.29 is 0 Å². The third kappa shape index (κ3) is 3.19. The second kappa shape index (κ2) is 6.63. The Morgan fingerprint density at radius 1 is 1.24 bits per heavy atom. The fraction of sp³-hybridized carbons (Fsp3) is 0.438. The summed E-state index contributed by atoms with van der Waals surface area (Å²) in [4.78, 5) is 15.5. The Morgan fingerprint density at radius 3 is 3.00 bits per heavy atom. The molecule has 110 valence electrons. The Balaban J connectivity index is 1.87. The molecule has 5 nitrogen and oxygen atoms in total. The van der Waals surface area contributed by atoms with E-state index in [2.05, 4.69) is 25.9 Å². The van der Waals surface area contributed by atoms with Crippen LogP contribution in [0.15, 0.2) is 30.9 Å². The van der Waals surface area contributed by atoms with Gasteiger partial charge in [-0.05, 0) is 43.9 Å². The Bertz CT molecular complexity index is 584. The molecule has 0 atom stereocenters. The topological polar surface area (TPSA) is 67.9 Å². The van der Waals surface area contributed by atoms with Crippen LogP contribution in [0.1, 0.15) is 29.7 Å². The number of aryl methyl sites for hydroxylation is 1. The lowest BCUT2D eigenvalue weighted by molar-refractivity contribution is 0.718. The number of pyridine rings is 1. The van der Waals surface area contributed by atoms with Crippen molar-refractivity contribution in [2.24, 2.45) is 5.73 Å². The van der Waals surface area contributed by atoms with E-state index in [1.54, 1.807) is 12.5 Å². The third-order valence-corrected chi connectivity index (χ3v) is 3.88. The Hall–Kier alpha value is -2.01. The third-order valence-electron chi connectivity index (χ3n) is 3.88. The Labute approximate surface area is 125 Å². The number of nitrogens with zero attached hydrogens (tertiary/aromatic N) is 4. The molecule has 0 saturated heterocycles. The number of hydrogen-bond donors (Lipinski definition) is 1. The number of fused-ring (bicyclic) bond motifs is 1. The standard InChI is InChI=1S/C16H21N5/c17-7-3-9-21(11-13-4-2-8-18-10-13)16-14-5-1-6-15(14)19-12-20-16/h2,4,8,10,12H,1,3,5-7,9,11,17H2. The zero-order valence-corrected chi connectivity index (χ0v) is 12.2. The summed E-state index contributed by atoms with van der Waals surface area (Å²) >= 11 is 0. The van der Waals surface area contributed by atoms with Gasteiger partial charge in [-0.15, -0.1) is 0 Å². The molecule has 1 aliphatic carbocycles. The first-order valence-electron chi connectivity index (χ1n) is 7.55. The monoisotopic (exact) mass is 283 g/mol. The molecule has 0 bridgehead atoms. The first kappa shape index (κ1) is 13.9. The molecule has 0 fully saturated rings. The van der Waals surface area contributed by atoms with Gasteiger partial charge < -0.3 is 10.6 Å². The van der Waals surface area contributed by atoms with Crippen LogP contribution in [-0.4, -0.2) is 28.0 Å². The molecule has 2 heterocycles. The first-order chi connectivity index (χ1) is 10.4. The van der Waals surface area contributed by atoms with E-state index in [0.717, 1.165) is 38.2 Å². The van der Waals surface area contributed by atoms with Crippen LogP contribution in [-0.2, 0) is 19.4 Å². The van der Waals surface area contributed by atoms with Crippen LogP contribution in [0.3, 0.4) is 0 Å². The van der Waals surface area contributed by atoms with Gasteiger partial charge in [-0.3, -0.25) is 4.98 Å². The summed E-state index contributed by atoms with van der Waals surface area (Å²) in [6.07, 6.45) is 9.70. The van der Waals surface area contributed by atoms with Crippen LogP contribution in [0.4, 0.5) is 5.82 Å². The lowest BCUT2D eigenvalue weighted by Crippen LogP contribution is -2.27. The smallest absolute Gasteiger partial charge is 0.135 e. The van der Waals surface area contributed by atoms with Crippen LogP contribution in [0, 0.1) is 0 Å². The lowest BCUT2D eigenvalue weighted by atomic mass is 10.2. The molecule has 2 aromatic rings. The van der Waals surface area contributed by atoms with Gasteiger partial charge in [-0.25, -0.2) is 9.97 Å². The summed E-state index contributed by atoms with van der Waals surface area (Å²) in [6, 6.07) is 4.07. The van der Waals surface area contributed by atoms with Crippen molar-refractivity contribution in [2.75, 3.05) is 18.0 Å². The summed E-state index contributed by atoms with van der Waals surface area (Å²) in [5.41, 5.74) is 9.41. The van der Waals surface area contributed by atoms with E-state index in [1.807, 2.05) is 12.3 Å². The predicted octanol–water partition coefficient (Wildman–Crippen LogP) is 1.72. The Kier molecular flexibility index (Phi) is 4.40. The summed E-state index contributed by atoms with van der Waals surface area (Å²) in [6.45, 7) is 2.42. The summed E-state index contributed by atoms with van der Waals surface area (Å²) in [5.74, 6) is 1.08. The van der Waals surface area contributed by atoms with Crippen molar-refractivity contribution in [1.82, 2.24) is 15.0 Å². The average molecular weight is 283 g/mol. The van der Waals surface area contributed by atoms with Gasteiger partial charge in [0.2, 0.25) is 0 Å². The normalized spacial score (nSPS) is 13.2. The molecule has 0 saturated carbocycles. The van der Waals surface area contributed by atoms with Crippen LogP contribution in [0.2, 0.25) is 0 Å². The highest BCUT2D eigenvalue weighted by Gasteiger charge is 2.21. The van der Waals surface area contributed by atoms with Crippen molar-refractivity contribution >= 4 is 5.82 Å². The van der Waals surface area contributed by atoms with E-state index in [4.69, 9.17) is 5.73 Å². The van der Waals surface area contributed by atoms with Crippen LogP contribution in [0.25, 0.3) is 0 Å². The van der Waals surface area contributed by atoms with E-state index in [-0.39, 0.29) is 0 Å². The molecule has 5 heteroatoms. The van der Waals surface area contributed by atoms with E-state index in [1.165, 1.54) is 23.2 Å². The molecule has 0 amide bonds.